The summed E-state index contributed by atoms with van der Waals surface area (Å²) in [7, 11) is 0. The third kappa shape index (κ3) is 2.91. The number of carbonyl (C=O) groups excluding carboxylic acids is 1. The van der Waals surface area contributed by atoms with Crippen LogP contribution in [-0.4, -0.2) is 19.1 Å². The number of nitrogen functional groups attached to an aromatic ring is 1. The molecule has 0 fully saturated rings. The van der Waals surface area contributed by atoms with Crippen LogP contribution in [0.25, 0.3) is 0 Å². The quantitative estimate of drug-likeness (QED) is 0.841. The molecule has 1 heterocycles. The molecule has 0 saturated heterocycles. The number of benzene rings is 2. The van der Waals surface area contributed by atoms with Gasteiger partial charge in [-0.25, -0.2) is 0 Å². The Morgan fingerprint density at radius 1 is 1.24 bits per heavy atom. The molecule has 1 aliphatic heterocycles. The van der Waals surface area contributed by atoms with E-state index in [2.05, 4.69) is 5.32 Å². The van der Waals surface area contributed by atoms with Gasteiger partial charge in [0.1, 0.15) is 18.1 Å². The van der Waals surface area contributed by atoms with Gasteiger partial charge in [0.05, 0.1) is 11.7 Å². The van der Waals surface area contributed by atoms with Gasteiger partial charge < -0.3 is 20.5 Å². The first-order chi connectivity index (χ1) is 10.2. The summed E-state index contributed by atoms with van der Waals surface area (Å²) in [4.78, 5) is 12.0. The van der Waals surface area contributed by atoms with Gasteiger partial charge >= 0.3 is 0 Å². The molecule has 5 nitrogen and oxygen atoms in total. The number of hydrogen-bond acceptors (Lipinski definition) is 4. The lowest BCUT2D eigenvalue weighted by molar-refractivity contribution is -0.123. The Hall–Kier alpha value is -2.69. The van der Waals surface area contributed by atoms with Crippen LogP contribution in [0.1, 0.15) is 11.6 Å². The monoisotopic (exact) mass is 284 g/mol. The first-order valence-corrected chi connectivity index (χ1v) is 6.72. The number of anilines is 1. The average Bonchev–Trinajstić information content (AvgIpc) is 2.90. The van der Waals surface area contributed by atoms with E-state index < -0.39 is 0 Å². The van der Waals surface area contributed by atoms with Gasteiger partial charge in [0, 0.05) is 5.56 Å². The minimum Gasteiger partial charge on any atom is -0.491 e. The highest BCUT2D eigenvalue weighted by Gasteiger charge is 2.25. The predicted octanol–water partition coefficient (Wildman–Crippen LogP) is 1.90. The fourth-order valence-corrected chi connectivity index (χ4v) is 2.27. The summed E-state index contributed by atoms with van der Waals surface area (Å²) >= 11 is 0. The van der Waals surface area contributed by atoms with E-state index in [1.807, 2.05) is 36.4 Å². The van der Waals surface area contributed by atoms with Crippen LogP contribution in [0, 0.1) is 0 Å². The lowest BCUT2D eigenvalue weighted by Gasteiger charge is -2.13. The fraction of sp³-hybridized carbons (Fsp3) is 0.188. The van der Waals surface area contributed by atoms with Gasteiger partial charge in [-0.2, -0.15) is 0 Å². The van der Waals surface area contributed by atoms with Crippen molar-refractivity contribution in [3.63, 3.8) is 0 Å². The minimum atomic E-state index is -0.205. The number of fused-ring (bicyclic) bond motifs is 1. The average molecular weight is 284 g/mol. The lowest BCUT2D eigenvalue weighted by atomic mass is 10.1. The zero-order chi connectivity index (χ0) is 14.7. The number of rotatable bonds is 4. The van der Waals surface area contributed by atoms with Crippen molar-refractivity contribution in [1.29, 1.82) is 0 Å². The van der Waals surface area contributed by atoms with Crippen molar-refractivity contribution in [2.24, 2.45) is 0 Å². The van der Waals surface area contributed by atoms with E-state index in [0.717, 1.165) is 11.3 Å². The molecule has 2 aromatic carbocycles. The SMILES string of the molecule is Nc1ccccc1OCC(=O)NC1COc2ccccc21. The summed E-state index contributed by atoms with van der Waals surface area (Å²) in [5.41, 5.74) is 7.26. The van der Waals surface area contributed by atoms with Crippen LogP contribution in [0.15, 0.2) is 48.5 Å². The summed E-state index contributed by atoms with van der Waals surface area (Å²) < 4.78 is 10.9. The van der Waals surface area contributed by atoms with Gasteiger partial charge in [-0.05, 0) is 18.2 Å². The highest BCUT2D eigenvalue weighted by Crippen LogP contribution is 2.31. The fourth-order valence-electron chi connectivity index (χ4n) is 2.27. The number of hydrogen-bond donors (Lipinski definition) is 2. The number of nitrogens with two attached hydrogens (primary N) is 1. The zero-order valence-electron chi connectivity index (χ0n) is 11.4. The molecular weight excluding hydrogens is 268 g/mol. The topological polar surface area (TPSA) is 73.6 Å². The van der Waals surface area contributed by atoms with Gasteiger partial charge in [-0.3, -0.25) is 4.79 Å². The molecule has 1 aliphatic rings. The molecule has 1 amide bonds. The highest BCUT2D eigenvalue weighted by atomic mass is 16.5. The number of amides is 1. The Morgan fingerprint density at radius 2 is 2.00 bits per heavy atom. The number of nitrogens with one attached hydrogen (secondary N) is 1. The van der Waals surface area contributed by atoms with E-state index in [1.165, 1.54) is 0 Å². The second kappa shape index (κ2) is 5.75. The zero-order valence-corrected chi connectivity index (χ0v) is 11.4. The van der Waals surface area contributed by atoms with Crippen LogP contribution in [0.5, 0.6) is 11.5 Å². The van der Waals surface area contributed by atoms with Gasteiger partial charge in [0.15, 0.2) is 6.61 Å². The molecule has 0 spiro atoms. The molecule has 0 radical (unpaired) electrons. The second-order valence-corrected chi connectivity index (χ2v) is 4.80. The van der Waals surface area contributed by atoms with Crippen LogP contribution >= 0.6 is 0 Å². The maximum absolute atomic E-state index is 12.0. The molecule has 1 unspecified atom stereocenters. The van der Waals surface area contributed by atoms with Crippen molar-refractivity contribution in [3.8, 4) is 11.5 Å². The van der Waals surface area contributed by atoms with Crippen LogP contribution in [0.2, 0.25) is 0 Å². The van der Waals surface area contributed by atoms with E-state index in [1.54, 1.807) is 12.1 Å². The van der Waals surface area contributed by atoms with Crippen LogP contribution < -0.4 is 20.5 Å². The molecule has 2 aromatic rings. The van der Waals surface area contributed by atoms with Crippen LogP contribution in [-0.2, 0) is 4.79 Å². The summed E-state index contributed by atoms with van der Waals surface area (Å²) in [6, 6.07) is 14.6. The molecule has 5 heteroatoms. The van der Waals surface area contributed by atoms with Crippen molar-refractivity contribution >= 4 is 11.6 Å². The van der Waals surface area contributed by atoms with E-state index in [4.69, 9.17) is 15.2 Å². The number of ether oxygens (including phenoxy) is 2. The Labute approximate surface area is 122 Å². The van der Waals surface area contributed by atoms with E-state index >= 15 is 0 Å². The molecule has 21 heavy (non-hydrogen) atoms. The van der Waals surface area contributed by atoms with Gasteiger partial charge in [0.25, 0.3) is 5.91 Å². The van der Waals surface area contributed by atoms with Gasteiger partial charge in [-0.15, -0.1) is 0 Å². The Balaban J connectivity index is 1.57. The van der Waals surface area contributed by atoms with Crippen molar-refractivity contribution < 1.29 is 14.3 Å². The molecule has 0 saturated carbocycles. The normalized spacial score (nSPS) is 15.9. The Bertz CT molecular complexity index is 657. The van der Waals surface area contributed by atoms with Crippen molar-refractivity contribution in [3.05, 3.63) is 54.1 Å². The maximum atomic E-state index is 12.0. The molecule has 3 N–H and O–H groups in total. The smallest absolute Gasteiger partial charge is 0.258 e. The molecule has 0 bridgehead atoms. The number of para-hydroxylation sites is 3. The Morgan fingerprint density at radius 3 is 2.86 bits per heavy atom. The first kappa shape index (κ1) is 13.3. The van der Waals surface area contributed by atoms with Gasteiger partial charge in [0.2, 0.25) is 0 Å². The molecule has 108 valence electrons. The van der Waals surface area contributed by atoms with Crippen molar-refractivity contribution in [2.75, 3.05) is 18.9 Å². The van der Waals surface area contributed by atoms with E-state index in [-0.39, 0.29) is 18.6 Å². The molecule has 0 aliphatic carbocycles. The molecule has 1 atom stereocenters. The predicted molar refractivity (Wildman–Crippen MR) is 79.2 cm³/mol. The molecular formula is C16H16N2O3. The lowest BCUT2D eigenvalue weighted by Crippen LogP contribution is -2.33. The third-order valence-corrected chi connectivity index (χ3v) is 3.31. The van der Waals surface area contributed by atoms with Crippen LogP contribution in [0.4, 0.5) is 5.69 Å². The molecule has 0 aromatic heterocycles. The van der Waals surface area contributed by atoms with E-state index in [9.17, 15) is 4.79 Å². The third-order valence-electron chi connectivity index (χ3n) is 3.31. The van der Waals surface area contributed by atoms with Crippen molar-refractivity contribution in [1.82, 2.24) is 5.32 Å². The summed E-state index contributed by atoms with van der Waals surface area (Å²) in [5, 5.41) is 2.90. The van der Waals surface area contributed by atoms with Gasteiger partial charge in [-0.1, -0.05) is 30.3 Å². The van der Waals surface area contributed by atoms with E-state index in [0.29, 0.717) is 18.0 Å². The maximum Gasteiger partial charge on any atom is 0.258 e. The van der Waals surface area contributed by atoms with Crippen molar-refractivity contribution in [2.45, 2.75) is 6.04 Å². The Kier molecular flexibility index (Phi) is 3.64. The summed E-state index contributed by atoms with van der Waals surface area (Å²) in [6.45, 7) is 0.367. The standard InChI is InChI=1S/C16H16N2O3/c17-12-6-2-4-8-15(12)21-10-16(19)18-13-9-20-14-7-3-1-5-11(13)14/h1-8,13H,9-10,17H2,(H,18,19). The number of carbonyl (C=O) groups is 1. The minimum absolute atomic E-state index is 0.0765. The second-order valence-electron chi connectivity index (χ2n) is 4.80. The molecule has 3 rings (SSSR count). The highest BCUT2D eigenvalue weighted by molar-refractivity contribution is 5.78. The summed E-state index contributed by atoms with van der Waals surface area (Å²) in [6.07, 6.45) is 0. The first-order valence-electron chi connectivity index (χ1n) is 6.72. The largest absolute Gasteiger partial charge is 0.491 e. The van der Waals surface area contributed by atoms with Crippen LogP contribution in [0.3, 0.4) is 0 Å². The summed E-state index contributed by atoms with van der Waals surface area (Å²) in [5.74, 6) is 1.12.